The summed E-state index contributed by atoms with van der Waals surface area (Å²) in [6, 6.07) is 8.72. The predicted molar refractivity (Wildman–Crippen MR) is 79.6 cm³/mol. The number of H-pyrrole nitrogens is 1. The number of rotatable bonds is 3. The van der Waals surface area contributed by atoms with Crippen LogP contribution in [0.5, 0.6) is 0 Å². The van der Waals surface area contributed by atoms with E-state index in [1.807, 2.05) is 24.3 Å². The Hall–Kier alpha value is -2.74. The number of para-hydroxylation sites is 1. The van der Waals surface area contributed by atoms with Crippen LogP contribution in [0.3, 0.4) is 0 Å². The van der Waals surface area contributed by atoms with E-state index in [-0.39, 0.29) is 12.5 Å². The smallest absolute Gasteiger partial charge is 0.300 e. The highest BCUT2D eigenvalue weighted by atomic mass is 32.1. The first kappa shape index (κ1) is 13.3. The summed E-state index contributed by atoms with van der Waals surface area (Å²) in [5, 5.41) is 3.11. The Morgan fingerprint density at radius 2 is 2.10 bits per heavy atom. The van der Waals surface area contributed by atoms with E-state index in [9.17, 15) is 14.4 Å². The van der Waals surface area contributed by atoms with Gasteiger partial charge in [0.05, 0.1) is 10.2 Å². The molecule has 106 valence electrons. The van der Waals surface area contributed by atoms with Gasteiger partial charge in [0, 0.05) is 12.3 Å². The molecule has 0 unspecified atom stereocenters. The quantitative estimate of drug-likeness (QED) is 0.747. The number of anilines is 1. The molecule has 0 aliphatic heterocycles. The molecule has 7 nitrogen and oxygen atoms in total. The minimum atomic E-state index is -0.623. The molecule has 2 N–H and O–H groups in total. The fourth-order valence-corrected chi connectivity index (χ4v) is 2.69. The lowest BCUT2D eigenvalue weighted by atomic mass is 10.3. The van der Waals surface area contributed by atoms with Gasteiger partial charge in [-0.1, -0.05) is 23.5 Å². The molecular weight excluding hydrogens is 292 g/mol. The predicted octanol–water partition coefficient (Wildman–Crippen LogP) is 0.785. The second-order valence-corrected chi connectivity index (χ2v) is 5.30. The summed E-state index contributed by atoms with van der Waals surface area (Å²) in [6.07, 6.45) is 1.28. The molecule has 8 heteroatoms. The Balaban J connectivity index is 1.77. The second kappa shape index (κ2) is 5.33. The first-order chi connectivity index (χ1) is 10.1. The SMILES string of the molecule is O=C(Cn1ccc(=O)[nH]c1=O)Nc1nc2ccccc2s1. The van der Waals surface area contributed by atoms with Gasteiger partial charge in [-0.15, -0.1) is 0 Å². The summed E-state index contributed by atoms with van der Waals surface area (Å²) < 4.78 is 2.08. The van der Waals surface area contributed by atoms with Crippen LogP contribution in [0, 0.1) is 0 Å². The fourth-order valence-electron chi connectivity index (χ4n) is 1.81. The van der Waals surface area contributed by atoms with Gasteiger partial charge in [0.15, 0.2) is 5.13 Å². The topological polar surface area (TPSA) is 96.9 Å². The van der Waals surface area contributed by atoms with Crippen LogP contribution in [-0.4, -0.2) is 20.4 Å². The number of aromatic amines is 1. The zero-order valence-electron chi connectivity index (χ0n) is 10.7. The van der Waals surface area contributed by atoms with Crippen molar-refractivity contribution in [3.05, 3.63) is 57.4 Å². The molecule has 0 saturated heterocycles. The molecule has 0 bridgehead atoms. The van der Waals surface area contributed by atoms with Crippen LogP contribution in [0.4, 0.5) is 5.13 Å². The van der Waals surface area contributed by atoms with Gasteiger partial charge in [-0.25, -0.2) is 9.78 Å². The van der Waals surface area contributed by atoms with Gasteiger partial charge >= 0.3 is 5.69 Å². The van der Waals surface area contributed by atoms with E-state index in [0.29, 0.717) is 5.13 Å². The van der Waals surface area contributed by atoms with Gasteiger partial charge in [0.1, 0.15) is 6.54 Å². The number of hydrogen-bond acceptors (Lipinski definition) is 5. The highest BCUT2D eigenvalue weighted by Crippen LogP contribution is 2.25. The van der Waals surface area contributed by atoms with E-state index in [1.54, 1.807) is 0 Å². The lowest BCUT2D eigenvalue weighted by molar-refractivity contribution is -0.116. The lowest BCUT2D eigenvalue weighted by Gasteiger charge is -2.03. The first-order valence-corrected chi connectivity index (χ1v) is 6.89. The monoisotopic (exact) mass is 302 g/mol. The number of carbonyl (C=O) groups is 1. The zero-order chi connectivity index (χ0) is 14.8. The van der Waals surface area contributed by atoms with Crippen LogP contribution >= 0.6 is 11.3 Å². The molecule has 0 fully saturated rings. The van der Waals surface area contributed by atoms with Crippen LogP contribution in [0.15, 0.2) is 46.1 Å². The highest BCUT2D eigenvalue weighted by Gasteiger charge is 2.09. The minimum Gasteiger partial charge on any atom is -0.300 e. The van der Waals surface area contributed by atoms with E-state index in [4.69, 9.17) is 0 Å². The van der Waals surface area contributed by atoms with Gasteiger partial charge in [-0.2, -0.15) is 0 Å². The normalized spacial score (nSPS) is 10.7. The maximum Gasteiger partial charge on any atom is 0.328 e. The zero-order valence-corrected chi connectivity index (χ0v) is 11.5. The van der Waals surface area contributed by atoms with Gasteiger partial charge in [-0.05, 0) is 12.1 Å². The third-order valence-electron chi connectivity index (χ3n) is 2.75. The summed E-state index contributed by atoms with van der Waals surface area (Å²) in [5.41, 5.74) is -0.316. The molecule has 2 aromatic heterocycles. The summed E-state index contributed by atoms with van der Waals surface area (Å²) in [7, 11) is 0. The third kappa shape index (κ3) is 2.90. The molecule has 1 aromatic carbocycles. The van der Waals surface area contributed by atoms with Crippen LogP contribution in [-0.2, 0) is 11.3 Å². The van der Waals surface area contributed by atoms with E-state index in [0.717, 1.165) is 14.8 Å². The Labute approximate surface area is 121 Å². The number of thiazole rings is 1. The van der Waals surface area contributed by atoms with E-state index in [1.165, 1.54) is 23.6 Å². The lowest BCUT2D eigenvalue weighted by Crippen LogP contribution is -2.32. The van der Waals surface area contributed by atoms with E-state index in [2.05, 4.69) is 15.3 Å². The first-order valence-electron chi connectivity index (χ1n) is 6.07. The Morgan fingerprint density at radius 1 is 1.29 bits per heavy atom. The van der Waals surface area contributed by atoms with Crippen molar-refractivity contribution >= 4 is 32.6 Å². The van der Waals surface area contributed by atoms with Gasteiger partial charge in [-0.3, -0.25) is 19.1 Å². The number of aromatic nitrogens is 3. The van der Waals surface area contributed by atoms with Crippen molar-refractivity contribution in [1.82, 2.24) is 14.5 Å². The molecule has 0 aliphatic rings. The largest absolute Gasteiger partial charge is 0.328 e. The molecular formula is C13H10N4O3S. The molecule has 0 atom stereocenters. The molecule has 1 amide bonds. The van der Waals surface area contributed by atoms with Crippen molar-refractivity contribution in [2.24, 2.45) is 0 Å². The van der Waals surface area contributed by atoms with E-state index < -0.39 is 11.2 Å². The molecule has 21 heavy (non-hydrogen) atoms. The molecule has 3 aromatic rings. The maximum absolute atomic E-state index is 11.9. The number of amides is 1. The molecule has 0 radical (unpaired) electrons. The molecule has 0 spiro atoms. The Morgan fingerprint density at radius 3 is 2.86 bits per heavy atom. The molecule has 0 saturated carbocycles. The van der Waals surface area contributed by atoms with Crippen molar-refractivity contribution in [2.45, 2.75) is 6.54 Å². The van der Waals surface area contributed by atoms with Crippen LogP contribution in [0.1, 0.15) is 0 Å². The fraction of sp³-hybridized carbons (Fsp3) is 0.0769. The third-order valence-corrected chi connectivity index (χ3v) is 3.70. The van der Waals surface area contributed by atoms with Crippen LogP contribution in [0.25, 0.3) is 10.2 Å². The minimum absolute atomic E-state index is 0.189. The summed E-state index contributed by atoms with van der Waals surface area (Å²) in [4.78, 5) is 40.7. The average molecular weight is 302 g/mol. The van der Waals surface area contributed by atoms with E-state index >= 15 is 0 Å². The van der Waals surface area contributed by atoms with Crippen molar-refractivity contribution in [3.8, 4) is 0 Å². The number of fused-ring (bicyclic) bond motifs is 1. The number of carbonyl (C=O) groups excluding carboxylic acids is 1. The highest BCUT2D eigenvalue weighted by molar-refractivity contribution is 7.22. The Bertz CT molecular complexity index is 892. The van der Waals surface area contributed by atoms with Crippen molar-refractivity contribution in [1.29, 1.82) is 0 Å². The second-order valence-electron chi connectivity index (χ2n) is 4.27. The number of hydrogen-bond donors (Lipinski definition) is 2. The van der Waals surface area contributed by atoms with Gasteiger partial charge < -0.3 is 5.32 Å². The number of benzene rings is 1. The molecule has 2 heterocycles. The van der Waals surface area contributed by atoms with Crippen molar-refractivity contribution in [3.63, 3.8) is 0 Å². The van der Waals surface area contributed by atoms with Crippen LogP contribution in [0.2, 0.25) is 0 Å². The maximum atomic E-state index is 11.9. The number of nitrogens with one attached hydrogen (secondary N) is 2. The molecule has 0 aliphatic carbocycles. The standard InChI is InChI=1S/C13H10N4O3S/c18-10-5-6-17(13(20)16-10)7-11(19)15-12-14-8-3-1-2-4-9(8)21-12/h1-6H,7H2,(H,14,15,19)(H,16,18,20). The average Bonchev–Trinajstić information content (AvgIpc) is 2.84. The van der Waals surface area contributed by atoms with Crippen molar-refractivity contribution < 1.29 is 4.79 Å². The van der Waals surface area contributed by atoms with Crippen LogP contribution < -0.4 is 16.6 Å². The number of nitrogens with zero attached hydrogens (tertiary/aromatic N) is 2. The van der Waals surface area contributed by atoms with Gasteiger partial charge in [0.2, 0.25) is 5.91 Å². The van der Waals surface area contributed by atoms with Gasteiger partial charge in [0.25, 0.3) is 5.56 Å². The summed E-state index contributed by atoms with van der Waals surface area (Å²) in [5.74, 6) is -0.386. The summed E-state index contributed by atoms with van der Waals surface area (Å²) in [6.45, 7) is -0.189. The molecule has 3 rings (SSSR count). The van der Waals surface area contributed by atoms with Crippen molar-refractivity contribution in [2.75, 3.05) is 5.32 Å². The summed E-state index contributed by atoms with van der Waals surface area (Å²) >= 11 is 1.35. The Kier molecular flexibility index (Phi) is 3.36.